The number of hydrogen-bond acceptors (Lipinski definition) is 5. The van der Waals surface area contributed by atoms with Gasteiger partial charge in [-0.15, -0.1) is 5.10 Å². The van der Waals surface area contributed by atoms with Gasteiger partial charge >= 0.3 is 0 Å². The highest BCUT2D eigenvalue weighted by atomic mass is 16.2. The fourth-order valence-corrected chi connectivity index (χ4v) is 2.80. The van der Waals surface area contributed by atoms with E-state index in [0.29, 0.717) is 17.3 Å². The topological polar surface area (TPSA) is 115 Å². The Morgan fingerprint density at radius 3 is 2.45 bits per heavy atom. The van der Waals surface area contributed by atoms with Crippen molar-refractivity contribution < 1.29 is 9.59 Å². The first kappa shape index (κ1) is 20.1. The third-order valence-corrected chi connectivity index (χ3v) is 4.42. The molecule has 0 saturated carbocycles. The molecule has 0 radical (unpaired) electrons. The van der Waals surface area contributed by atoms with E-state index in [1.807, 2.05) is 49.4 Å². The molecule has 0 aliphatic carbocycles. The highest BCUT2D eigenvalue weighted by molar-refractivity contribution is 6.05. The van der Waals surface area contributed by atoms with Gasteiger partial charge in [-0.2, -0.15) is 0 Å². The van der Waals surface area contributed by atoms with Crippen LogP contribution in [0, 0.1) is 6.92 Å². The normalized spacial score (nSPS) is 10.8. The molecular formula is C21H24N6O2. The summed E-state index contributed by atoms with van der Waals surface area (Å²) in [7, 11) is 0. The van der Waals surface area contributed by atoms with E-state index < -0.39 is 5.91 Å². The van der Waals surface area contributed by atoms with Crippen LogP contribution in [0.4, 0.5) is 17.2 Å². The van der Waals surface area contributed by atoms with Crippen LogP contribution in [0.3, 0.4) is 0 Å². The van der Waals surface area contributed by atoms with Crippen molar-refractivity contribution in [2.24, 2.45) is 0 Å². The summed E-state index contributed by atoms with van der Waals surface area (Å²) < 4.78 is 1.20. The van der Waals surface area contributed by atoms with Crippen LogP contribution in [-0.4, -0.2) is 26.8 Å². The molecule has 8 heteroatoms. The lowest BCUT2D eigenvalue weighted by Crippen LogP contribution is -2.21. The summed E-state index contributed by atoms with van der Waals surface area (Å²) in [5, 5.41) is 13.2. The summed E-state index contributed by atoms with van der Waals surface area (Å²) in [6, 6.07) is 15.0. The molecule has 0 fully saturated rings. The monoisotopic (exact) mass is 392 g/mol. The lowest BCUT2D eigenvalue weighted by molar-refractivity contribution is -0.116. The van der Waals surface area contributed by atoms with Gasteiger partial charge < -0.3 is 16.4 Å². The summed E-state index contributed by atoms with van der Waals surface area (Å²) in [6.07, 6.45) is 0. The lowest BCUT2D eigenvalue weighted by atomic mass is 10.0. The molecule has 0 aliphatic heterocycles. The number of carbonyl (C=O) groups is 2. The van der Waals surface area contributed by atoms with Gasteiger partial charge in [0.15, 0.2) is 11.5 Å². The average molecular weight is 392 g/mol. The van der Waals surface area contributed by atoms with Crippen LogP contribution in [0.2, 0.25) is 0 Å². The van der Waals surface area contributed by atoms with Gasteiger partial charge in [-0.3, -0.25) is 9.59 Å². The Bertz CT molecular complexity index is 1020. The molecule has 4 N–H and O–H groups in total. The van der Waals surface area contributed by atoms with E-state index in [9.17, 15) is 9.59 Å². The Labute approximate surface area is 169 Å². The van der Waals surface area contributed by atoms with E-state index in [0.717, 1.165) is 5.56 Å². The summed E-state index contributed by atoms with van der Waals surface area (Å²) in [5.41, 5.74) is 9.46. The van der Waals surface area contributed by atoms with Crippen LogP contribution in [0.1, 0.15) is 41.4 Å². The quantitative estimate of drug-likeness (QED) is 0.596. The van der Waals surface area contributed by atoms with Crippen LogP contribution in [0.15, 0.2) is 48.5 Å². The van der Waals surface area contributed by atoms with Gasteiger partial charge in [0.1, 0.15) is 6.54 Å². The number of nitrogens with zero attached hydrogens (tertiary/aromatic N) is 3. The molecule has 0 saturated heterocycles. The highest BCUT2D eigenvalue weighted by Crippen LogP contribution is 2.18. The van der Waals surface area contributed by atoms with E-state index in [2.05, 4.69) is 34.8 Å². The fourth-order valence-electron chi connectivity index (χ4n) is 2.80. The summed E-state index contributed by atoms with van der Waals surface area (Å²) in [4.78, 5) is 24.7. The standard InChI is InChI=1S/C21H24N6O2/c1-13(2)15-7-9-16(10-8-15)23-18(28)12-27-20(22)19(25-26-27)21(29)24-17-6-4-5-14(3)11-17/h4-11,13H,12,22H2,1-3H3,(H,23,28)(H,24,29). The molecule has 0 spiro atoms. The molecule has 0 unspecified atom stereocenters. The molecule has 2 aromatic carbocycles. The largest absolute Gasteiger partial charge is 0.382 e. The number of benzene rings is 2. The molecular weight excluding hydrogens is 368 g/mol. The first-order valence-electron chi connectivity index (χ1n) is 9.30. The number of nitrogen functional groups attached to an aromatic ring is 1. The Hall–Kier alpha value is -3.68. The molecule has 0 atom stereocenters. The SMILES string of the molecule is Cc1cccc(NC(=O)c2nnn(CC(=O)Nc3ccc(C(C)C)cc3)c2N)c1. The Morgan fingerprint density at radius 1 is 1.07 bits per heavy atom. The van der Waals surface area contributed by atoms with Crippen LogP contribution in [0.25, 0.3) is 0 Å². The maximum atomic E-state index is 12.4. The van der Waals surface area contributed by atoms with Gasteiger partial charge in [0.25, 0.3) is 5.91 Å². The van der Waals surface area contributed by atoms with Gasteiger partial charge in [0.2, 0.25) is 5.91 Å². The molecule has 29 heavy (non-hydrogen) atoms. The number of nitrogens with one attached hydrogen (secondary N) is 2. The molecule has 2 amide bonds. The number of amides is 2. The molecule has 3 rings (SSSR count). The van der Waals surface area contributed by atoms with Crippen LogP contribution in [0.5, 0.6) is 0 Å². The van der Waals surface area contributed by atoms with Gasteiger partial charge in [-0.25, -0.2) is 4.68 Å². The second kappa shape index (κ2) is 8.55. The first-order chi connectivity index (χ1) is 13.8. The summed E-state index contributed by atoms with van der Waals surface area (Å²) >= 11 is 0. The minimum Gasteiger partial charge on any atom is -0.382 e. The van der Waals surface area contributed by atoms with Gasteiger partial charge in [-0.1, -0.05) is 43.3 Å². The van der Waals surface area contributed by atoms with E-state index in [1.165, 1.54) is 10.2 Å². The molecule has 0 bridgehead atoms. The van der Waals surface area contributed by atoms with Crippen molar-refractivity contribution in [1.82, 2.24) is 15.0 Å². The van der Waals surface area contributed by atoms with Crippen molar-refractivity contribution in [2.45, 2.75) is 33.2 Å². The predicted octanol–water partition coefficient (Wildman–Crippen LogP) is 3.18. The second-order valence-corrected chi connectivity index (χ2v) is 7.13. The number of aryl methyl sites for hydroxylation is 1. The number of carbonyl (C=O) groups excluding carboxylic acids is 2. The van der Waals surface area contributed by atoms with Crippen molar-refractivity contribution in [1.29, 1.82) is 0 Å². The van der Waals surface area contributed by atoms with Crippen molar-refractivity contribution in [3.8, 4) is 0 Å². The molecule has 1 aromatic heterocycles. The van der Waals surface area contributed by atoms with E-state index in [4.69, 9.17) is 5.73 Å². The molecule has 8 nitrogen and oxygen atoms in total. The zero-order valence-electron chi connectivity index (χ0n) is 16.6. The number of aromatic nitrogens is 3. The maximum Gasteiger partial charge on any atom is 0.280 e. The third kappa shape index (κ3) is 4.98. The summed E-state index contributed by atoms with van der Waals surface area (Å²) in [6.45, 7) is 5.99. The number of hydrogen-bond donors (Lipinski definition) is 3. The smallest absolute Gasteiger partial charge is 0.280 e. The summed E-state index contributed by atoms with van der Waals surface area (Å²) in [5.74, 6) is -0.354. The Kier molecular flexibility index (Phi) is 5.92. The van der Waals surface area contributed by atoms with E-state index in [1.54, 1.807) is 6.07 Å². The van der Waals surface area contributed by atoms with E-state index in [-0.39, 0.29) is 24.0 Å². The number of anilines is 3. The van der Waals surface area contributed by atoms with Crippen molar-refractivity contribution in [2.75, 3.05) is 16.4 Å². The number of nitrogens with two attached hydrogens (primary N) is 1. The second-order valence-electron chi connectivity index (χ2n) is 7.13. The van der Waals surface area contributed by atoms with Gasteiger partial charge in [0.05, 0.1) is 0 Å². The average Bonchev–Trinajstić information content (AvgIpc) is 3.02. The third-order valence-electron chi connectivity index (χ3n) is 4.42. The molecule has 3 aromatic rings. The van der Waals surface area contributed by atoms with Crippen molar-refractivity contribution in [3.63, 3.8) is 0 Å². The maximum absolute atomic E-state index is 12.4. The Balaban J connectivity index is 1.64. The Morgan fingerprint density at radius 2 is 1.79 bits per heavy atom. The minimum absolute atomic E-state index is 0.0272. The van der Waals surface area contributed by atoms with E-state index >= 15 is 0 Å². The van der Waals surface area contributed by atoms with Crippen LogP contribution >= 0.6 is 0 Å². The zero-order chi connectivity index (χ0) is 21.0. The van der Waals surface area contributed by atoms with Crippen molar-refractivity contribution in [3.05, 3.63) is 65.4 Å². The predicted molar refractivity (Wildman–Crippen MR) is 113 cm³/mol. The van der Waals surface area contributed by atoms with Crippen molar-refractivity contribution >= 4 is 29.0 Å². The van der Waals surface area contributed by atoms with Gasteiger partial charge in [0, 0.05) is 11.4 Å². The highest BCUT2D eigenvalue weighted by Gasteiger charge is 2.19. The lowest BCUT2D eigenvalue weighted by Gasteiger charge is -2.09. The first-order valence-corrected chi connectivity index (χ1v) is 9.30. The molecule has 1 heterocycles. The zero-order valence-corrected chi connectivity index (χ0v) is 16.6. The fraction of sp³-hybridized carbons (Fsp3) is 0.238. The molecule has 0 aliphatic rings. The molecule has 150 valence electrons. The van der Waals surface area contributed by atoms with Crippen LogP contribution in [-0.2, 0) is 11.3 Å². The van der Waals surface area contributed by atoms with Gasteiger partial charge in [-0.05, 0) is 48.2 Å². The minimum atomic E-state index is -0.482. The van der Waals surface area contributed by atoms with Crippen LogP contribution < -0.4 is 16.4 Å². The number of rotatable bonds is 6.